The van der Waals surface area contributed by atoms with Crippen LogP contribution in [-0.2, 0) is 13.1 Å². The average Bonchev–Trinajstić information content (AvgIpc) is 2.78. The van der Waals surface area contributed by atoms with Crippen LogP contribution in [0.3, 0.4) is 0 Å². The van der Waals surface area contributed by atoms with Crippen molar-refractivity contribution in [3.63, 3.8) is 0 Å². The van der Waals surface area contributed by atoms with Gasteiger partial charge in [-0.3, -0.25) is 9.80 Å². The highest BCUT2D eigenvalue weighted by Crippen LogP contribution is 2.31. The number of aromatic nitrogens is 1. The first-order chi connectivity index (χ1) is 12.5. The standard InChI is InChI=1S/C20H25ClFN3O/c1-13-19(14(2)26-23-13)12-24-8-15-3-6-18(11-24)25(9-15)10-16-4-5-17(21)7-20(16)22/h4-5,7,15,18H,3,6,8-12H2,1-2H3/t15-,18+/m1/s1. The van der Waals surface area contributed by atoms with Gasteiger partial charge in [-0.25, -0.2) is 4.39 Å². The van der Waals surface area contributed by atoms with Gasteiger partial charge in [0.25, 0.3) is 0 Å². The van der Waals surface area contributed by atoms with Gasteiger partial charge in [0.1, 0.15) is 11.6 Å². The number of fused-ring (bicyclic) bond motifs is 4. The minimum atomic E-state index is -0.204. The van der Waals surface area contributed by atoms with Crippen molar-refractivity contribution in [3.05, 3.63) is 51.6 Å². The molecule has 3 aliphatic heterocycles. The summed E-state index contributed by atoms with van der Waals surface area (Å²) in [5, 5.41) is 4.53. The van der Waals surface area contributed by atoms with Crippen LogP contribution in [0.2, 0.25) is 5.02 Å². The van der Waals surface area contributed by atoms with Gasteiger partial charge in [0.2, 0.25) is 0 Å². The van der Waals surface area contributed by atoms with E-state index < -0.39 is 0 Å². The first-order valence-corrected chi connectivity index (χ1v) is 9.69. The molecule has 26 heavy (non-hydrogen) atoms. The molecule has 0 aliphatic carbocycles. The summed E-state index contributed by atoms with van der Waals surface area (Å²) >= 11 is 5.89. The molecule has 0 amide bonds. The monoisotopic (exact) mass is 377 g/mol. The van der Waals surface area contributed by atoms with E-state index in [0.29, 0.717) is 23.5 Å². The van der Waals surface area contributed by atoms with Crippen molar-refractivity contribution in [2.75, 3.05) is 19.6 Å². The summed E-state index contributed by atoms with van der Waals surface area (Å²) in [5.74, 6) is 1.34. The molecule has 0 spiro atoms. The molecular weight excluding hydrogens is 353 g/mol. The maximum atomic E-state index is 14.2. The van der Waals surface area contributed by atoms with E-state index in [-0.39, 0.29) is 5.82 Å². The zero-order chi connectivity index (χ0) is 18.3. The van der Waals surface area contributed by atoms with Crippen LogP contribution in [0, 0.1) is 25.6 Å². The van der Waals surface area contributed by atoms with Crippen molar-refractivity contribution in [2.45, 2.75) is 45.8 Å². The summed E-state index contributed by atoms with van der Waals surface area (Å²) in [6.45, 7) is 8.66. The lowest BCUT2D eigenvalue weighted by Crippen LogP contribution is -2.43. The topological polar surface area (TPSA) is 32.5 Å². The molecule has 2 aromatic rings. The molecule has 1 aromatic heterocycles. The van der Waals surface area contributed by atoms with Crippen molar-refractivity contribution < 1.29 is 8.91 Å². The zero-order valence-corrected chi connectivity index (χ0v) is 16.1. The van der Waals surface area contributed by atoms with Gasteiger partial charge in [0.05, 0.1) is 5.69 Å². The number of hydrogen-bond acceptors (Lipinski definition) is 4. The van der Waals surface area contributed by atoms with Crippen LogP contribution in [0.25, 0.3) is 0 Å². The Balaban J connectivity index is 1.48. The number of benzene rings is 1. The van der Waals surface area contributed by atoms with Crippen molar-refractivity contribution >= 4 is 11.6 Å². The Hall–Kier alpha value is -1.43. The van der Waals surface area contributed by atoms with Crippen LogP contribution in [0.5, 0.6) is 0 Å². The van der Waals surface area contributed by atoms with E-state index in [1.54, 1.807) is 6.07 Å². The smallest absolute Gasteiger partial charge is 0.138 e. The molecule has 2 bridgehead atoms. The molecule has 140 valence electrons. The number of halogens is 2. The molecule has 0 saturated carbocycles. The third-order valence-electron chi connectivity index (χ3n) is 5.85. The van der Waals surface area contributed by atoms with Gasteiger partial charge in [-0.15, -0.1) is 0 Å². The highest BCUT2D eigenvalue weighted by molar-refractivity contribution is 6.30. The second-order valence-corrected chi connectivity index (χ2v) is 8.20. The average molecular weight is 378 g/mol. The molecule has 3 saturated heterocycles. The van der Waals surface area contributed by atoms with Crippen LogP contribution >= 0.6 is 11.6 Å². The van der Waals surface area contributed by atoms with Crippen molar-refractivity contribution in [1.29, 1.82) is 0 Å². The molecule has 0 radical (unpaired) electrons. The molecule has 4 heterocycles. The molecular formula is C20H25ClFN3O. The Morgan fingerprint density at radius 3 is 2.77 bits per heavy atom. The minimum Gasteiger partial charge on any atom is -0.361 e. The summed E-state index contributed by atoms with van der Waals surface area (Å²) in [4.78, 5) is 4.97. The first-order valence-electron chi connectivity index (χ1n) is 9.31. The van der Waals surface area contributed by atoms with Crippen LogP contribution < -0.4 is 0 Å². The lowest BCUT2D eigenvalue weighted by molar-refractivity contribution is 0.121. The van der Waals surface area contributed by atoms with Crippen LogP contribution in [0.4, 0.5) is 4.39 Å². The van der Waals surface area contributed by atoms with E-state index in [9.17, 15) is 4.39 Å². The number of hydrogen-bond donors (Lipinski definition) is 0. The lowest BCUT2D eigenvalue weighted by atomic mass is 9.94. The van der Waals surface area contributed by atoms with Gasteiger partial charge >= 0.3 is 0 Å². The number of aryl methyl sites for hydroxylation is 2. The summed E-state index contributed by atoms with van der Waals surface area (Å²) in [6, 6.07) is 5.47. The molecule has 0 unspecified atom stereocenters. The normalized spacial score (nSPS) is 24.2. The Kier molecular flexibility index (Phi) is 5.04. The Labute approximate surface area is 158 Å². The summed E-state index contributed by atoms with van der Waals surface area (Å²) in [6.07, 6.45) is 2.43. The number of piperidine rings is 1. The van der Waals surface area contributed by atoms with Gasteiger partial charge in [0, 0.05) is 54.9 Å². The molecule has 6 heteroatoms. The molecule has 3 fully saturated rings. The second kappa shape index (κ2) is 7.29. The van der Waals surface area contributed by atoms with Gasteiger partial charge in [0.15, 0.2) is 0 Å². The summed E-state index contributed by atoms with van der Waals surface area (Å²) < 4.78 is 19.5. The maximum absolute atomic E-state index is 14.2. The highest BCUT2D eigenvalue weighted by atomic mass is 35.5. The fraction of sp³-hybridized carbons (Fsp3) is 0.550. The van der Waals surface area contributed by atoms with Crippen molar-refractivity contribution in [3.8, 4) is 0 Å². The fourth-order valence-corrected chi connectivity index (χ4v) is 4.58. The van der Waals surface area contributed by atoms with E-state index in [0.717, 1.165) is 43.2 Å². The lowest BCUT2D eigenvalue weighted by Gasteiger charge is -2.36. The predicted octanol–water partition coefficient (Wildman–Crippen LogP) is 4.18. The molecule has 5 rings (SSSR count). The quantitative estimate of drug-likeness (QED) is 0.800. The van der Waals surface area contributed by atoms with Crippen LogP contribution in [0.1, 0.15) is 35.4 Å². The largest absolute Gasteiger partial charge is 0.361 e. The molecule has 0 N–H and O–H groups in total. The van der Waals surface area contributed by atoms with E-state index in [4.69, 9.17) is 16.1 Å². The van der Waals surface area contributed by atoms with Crippen molar-refractivity contribution in [1.82, 2.24) is 15.0 Å². The van der Waals surface area contributed by atoms with Crippen LogP contribution in [0.15, 0.2) is 22.7 Å². The Morgan fingerprint density at radius 2 is 2.04 bits per heavy atom. The minimum absolute atomic E-state index is 0.204. The maximum Gasteiger partial charge on any atom is 0.138 e. The number of rotatable bonds is 4. The van der Waals surface area contributed by atoms with Gasteiger partial charge in [-0.05, 0) is 44.7 Å². The fourth-order valence-electron chi connectivity index (χ4n) is 4.42. The van der Waals surface area contributed by atoms with Gasteiger partial charge in [-0.2, -0.15) is 0 Å². The molecule has 3 aliphatic rings. The molecule has 2 atom stereocenters. The highest BCUT2D eigenvalue weighted by Gasteiger charge is 2.35. The molecule has 1 aromatic carbocycles. The predicted molar refractivity (Wildman–Crippen MR) is 99.6 cm³/mol. The van der Waals surface area contributed by atoms with Crippen LogP contribution in [-0.4, -0.2) is 40.6 Å². The van der Waals surface area contributed by atoms with E-state index in [1.165, 1.54) is 24.5 Å². The zero-order valence-electron chi connectivity index (χ0n) is 15.3. The Morgan fingerprint density at radius 1 is 1.19 bits per heavy atom. The summed E-state index contributed by atoms with van der Waals surface area (Å²) in [5.41, 5.74) is 2.93. The number of nitrogens with zero attached hydrogens (tertiary/aromatic N) is 3. The van der Waals surface area contributed by atoms with Crippen molar-refractivity contribution in [2.24, 2.45) is 5.92 Å². The third kappa shape index (κ3) is 3.66. The Bertz CT molecular complexity index is 774. The van der Waals surface area contributed by atoms with E-state index >= 15 is 0 Å². The molecule has 4 nitrogen and oxygen atoms in total. The van der Waals surface area contributed by atoms with Gasteiger partial charge in [-0.1, -0.05) is 22.8 Å². The van der Waals surface area contributed by atoms with E-state index in [1.807, 2.05) is 19.9 Å². The third-order valence-corrected chi connectivity index (χ3v) is 6.09. The van der Waals surface area contributed by atoms with E-state index in [2.05, 4.69) is 15.0 Å². The SMILES string of the molecule is Cc1noc(C)c1CN1C[C@H]2CC[C@@H](C1)N(Cc1ccc(Cl)cc1F)C2. The second-order valence-electron chi connectivity index (χ2n) is 7.76. The van der Waals surface area contributed by atoms with Gasteiger partial charge < -0.3 is 4.52 Å². The summed E-state index contributed by atoms with van der Waals surface area (Å²) in [7, 11) is 0. The first kappa shape index (κ1) is 18.0.